The second kappa shape index (κ2) is 10.5. The second-order valence-electron chi connectivity index (χ2n) is 4.51. The zero-order valence-electron chi connectivity index (χ0n) is 11.5. The molecule has 0 unspecified atom stereocenters. The summed E-state index contributed by atoms with van der Waals surface area (Å²) >= 11 is 0. The Bertz CT molecular complexity index is 280. The molecule has 0 radical (unpaired) electrons. The van der Waals surface area contributed by atoms with Gasteiger partial charge in [0.1, 0.15) is 0 Å². The van der Waals surface area contributed by atoms with Gasteiger partial charge in [0, 0.05) is 14.0 Å². The molecule has 3 heteroatoms. The number of carboxylic acids is 1. The average Bonchev–Trinajstić information content (AvgIpc) is 2.31. The summed E-state index contributed by atoms with van der Waals surface area (Å²) in [6, 6.07) is 1.18. The molecule has 1 N–H and O–H groups in total. The summed E-state index contributed by atoms with van der Waals surface area (Å²) in [6.07, 6.45) is 7.84. The van der Waals surface area contributed by atoms with Crippen molar-refractivity contribution in [2.24, 2.45) is 0 Å². The van der Waals surface area contributed by atoms with Crippen LogP contribution in [0.1, 0.15) is 59.3 Å². The van der Waals surface area contributed by atoms with E-state index in [0.29, 0.717) is 5.57 Å². The van der Waals surface area contributed by atoms with Gasteiger partial charge in [-0.1, -0.05) is 58.1 Å². The topological polar surface area (TPSA) is 37.3 Å². The summed E-state index contributed by atoms with van der Waals surface area (Å²) in [4.78, 5) is 10.7. The molecule has 0 aliphatic rings. The molecule has 0 saturated carbocycles. The third-order valence-electron chi connectivity index (χ3n) is 2.93. The maximum Gasteiger partial charge on any atom is 0.330 e. The Morgan fingerprint density at radius 1 is 1.18 bits per heavy atom. The third kappa shape index (κ3) is 9.04. The summed E-state index contributed by atoms with van der Waals surface area (Å²) in [5, 5.41) is 8.83. The molecular formula is C14H26O2Si. The molecule has 0 heterocycles. The lowest BCUT2D eigenvalue weighted by Gasteiger charge is -2.02. The Morgan fingerprint density at radius 3 is 2.29 bits per heavy atom. The van der Waals surface area contributed by atoms with Crippen LogP contribution in [0.25, 0.3) is 0 Å². The first-order valence-electron chi connectivity index (χ1n) is 6.68. The van der Waals surface area contributed by atoms with Crippen molar-refractivity contribution in [2.75, 3.05) is 0 Å². The normalized spacial score (nSPS) is 12.9. The lowest BCUT2D eigenvalue weighted by atomic mass is 10.1. The van der Waals surface area contributed by atoms with Crippen LogP contribution in [0.5, 0.6) is 0 Å². The highest BCUT2D eigenvalue weighted by molar-refractivity contribution is 6.70. The third-order valence-corrected chi connectivity index (χ3v) is 5.41. The first-order chi connectivity index (χ1) is 8.11. The largest absolute Gasteiger partial charge is 0.478 e. The fraction of sp³-hybridized carbons (Fsp3) is 0.714. The Morgan fingerprint density at radius 2 is 1.76 bits per heavy atom. The van der Waals surface area contributed by atoms with E-state index in [0.717, 1.165) is 0 Å². The highest BCUT2D eigenvalue weighted by atomic mass is 28.2. The Kier molecular flexibility index (Phi) is 10.0. The van der Waals surface area contributed by atoms with Gasteiger partial charge >= 0.3 is 5.97 Å². The monoisotopic (exact) mass is 254 g/mol. The molecule has 17 heavy (non-hydrogen) atoms. The van der Waals surface area contributed by atoms with Crippen LogP contribution in [0.3, 0.4) is 0 Å². The predicted molar refractivity (Wildman–Crippen MR) is 77.1 cm³/mol. The zero-order valence-corrected chi connectivity index (χ0v) is 12.5. The fourth-order valence-electron chi connectivity index (χ4n) is 1.75. The van der Waals surface area contributed by atoms with Crippen molar-refractivity contribution in [3.8, 4) is 0 Å². The van der Waals surface area contributed by atoms with E-state index in [9.17, 15) is 4.79 Å². The molecule has 0 atom stereocenters. The number of unbranched alkanes of at least 4 members (excludes halogenated alkanes) is 5. The minimum Gasteiger partial charge on any atom is -0.478 e. The van der Waals surface area contributed by atoms with E-state index in [2.05, 4.69) is 19.5 Å². The molecule has 98 valence electrons. The van der Waals surface area contributed by atoms with Crippen LogP contribution < -0.4 is 0 Å². The zero-order chi connectivity index (χ0) is 13.1. The maximum atomic E-state index is 10.7. The number of aliphatic carboxylic acids is 1. The van der Waals surface area contributed by atoms with Gasteiger partial charge < -0.3 is 5.11 Å². The molecule has 0 saturated heterocycles. The van der Waals surface area contributed by atoms with Gasteiger partial charge in [-0.3, -0.25) is 0 Å². The van der Waals surface area contributed by atoms with Crippen LogP contribution in [0, 0.1) is 0 Å². The molecular weight excluding hydrogens is 228 g/mol. The second-order valence-corrected chi connectivity index (χ2v) is 7.03. The number of rotatable bonds is 9. The highest BCUT2D eigenvalue weighted by Gasteiger charge is 2.01. The van der Waals surface area contributed by atoms with Crippen molar-refractivity contribution in [1.82, 2.24) is 0 Å². The van der Waals surface area contributed by atoms with Gasteiger partial charge in [0.2, 0.25) is 0 Å². The Labute approximate surface area is 107 Å². The van der Waals surface area contributed by atoms with E-state index < -0.39 is 14.4 Å². The van der Waals surface area contributed by atoms with E-state index in [-0.39, 0.29) is 0 Å². The Hall–Kier alpha value is -0.703. The van der Waals surface area contributed by atoms with E-state index >= 15 is 0 Å². The number of hydrogen-bond donors (Lipinski definition) is 1. The SMILES string of the molecule is CC=[Si](C=C(C)C(=O)O)CCCCCCCC. The average molecular weight is 254 g/mol. The lowest BCUT2D eigenvalue weighted by Crippen LogP contribution is -2.05. The van der Waals surface area contributed by atoms with Crippen molar-refractivity contribution in [3.05, 3.63) is 11.3 Å². The first-order valence-corrected chi connectivity index (χ1v) is 8.54. The molecule has 0 spiro atoms. The number of carbonyl (C=O) groups is 1. The van der Waals surface area contributed by atoms with Gasteiger partial charge in [0.25, 0.3) is 0 Å². The summed E-state index contributed by atoms with van der Waals surface area (Å²) in [5.74, 6) is -0.780. The number of hydrogen-bond acceptors (Lipinski definition) is 1. The minimum atomic E-state index is -0.780. The van der Waals surface area contributed by atoms with Gasteiger partial charge in [-0.05, 0) is 13.0 Å². The number of carboxylic acid groups (broad SMARTS) is 1. The molecule has 0 rings (SSSR count). The maximum absolute atomic E-state index is 10.7. The van der Waals surface area contributed by atoms with Crippen LogP contribution in [-0.2, 0) is 4.79 Å². The smallest absolute Gasteiger partial charge is 0.330 e. The van der Waals surface area contributed by atoms with Crippen LogP contribution in [0.15, 0.2) is 11.3 Å². The van der Waals surface area contributed by atoms with Gasteiger partial charge in [0.05, 0.1) is 0 Å². The molecule has 0 bridgehead atoms. The van der Waals surface area contributed by atoms with Crippen LogP contribution in [0.2, 0.25) is 6.04 Å². The summed E-state index contributed by atoms with van der Waals surface area (Å²) in [5.41, 5.74) is 4.67. The van der Waals surface area contributed by atoms with Crippen molar-refractivity contribution in [3.63, 3.8) is 0 Å². The minimum absolute atomic E-state index is 0.503. The first kappa shape index (κ1) is 16.3. The van der Waals surface area contributed by atoms with Gasteiger partial charge in [-0.15, -0.1) is 5.67 Å². The highest BCUT2D eigenvalue weighted by Crippen LogP contribution is 2.08. The Balaban J connectivity index is 3.85. The lowest BCUT2D eigenvalue weighted by molar-refractivity contribution is -0.132. The van der Waals surface area contributed by atoms with Crippen LogP contribution >= 0.6 is 0 Å². The van der Waals surface area contributed by atoms with E-state index in [1.54, 1.807) is 6.92 Å². The van der Waals surface area contributed by atoms with Crippen molar-refractivity contribution >= 4 is 20.1 Å². The standard InChI is InChI=1S/C14H26O2Si/c1-4-6-7-8-9-10-11-17(5-2)12-13(3)14(15)16/h5,12H,4,6-11H2,1-3H3,(H,15,16). The molecule has 0 fully saturated rings. The molecule has 0 amide bonds. The summed E-state index contributed by atoms with van der Waals surface area (Å²) in [7, 11) is -0.688. The van der Waals surface area contributed by atoms with E-state index in [4.69, 9.17) is 5.11 Å². The van der Waals surface area contributed by atoms with Crippen LogP contribution in [-0.4, -0.2) is 25.2 Å². The molecule has 0 aromatic rings. The molecule has 0 aliphatic heterocycles. The van der Waals surface area contributed by atoms with E-state index in [1.165, 1.54) is 44.6 Å². The summed E-state index contributed by atoms with van der Waals surface area (Å²) in [6.45, 7) is 5.97. The van der Waals surface area contributed by atoms with Gasteiger partial charge in [-0.2, -0.15) is 0 Å². The molecule has 0 aromatic carbocycles. The van der Waals surface area contributed by atoms with Gasteiger partial charge in [-0.25, -0.2) is 4.79 Å². The molecule has 0 aromatic heterocycles. The van der Waals surface area contributed by atoms with E-state index in [1.807, 2.05) is 5.70 Å². The van der Waals surface area contributed by atoms with Crippen LogP contribution in [0.4, 0.5) is 0 Å². The fourth-order valence-corrected chi connectivity index (χ4v) is 3.69. The van der Waals surface area contributed by atoms with Crippen molar-refractivity contribution < 1.29 is 9.90 Å². The van der Waals surface area contributed by atoms with Crippen molar-refractivity contribution in [1.29, 1.82) is 0 Å². The van der Waals surface area contributed by atoms with Gasteiger partial charge in [0.15, 0.2) is 0 Å². The summed E-state index contributed by atoms with van der Waals surface area (Å²) < 4.78 is 0. The predicted octanol–water partition coefficient (Wildman–Crippen LogP) is 3.82. The molecule has 2 nitrogen and oxygen atoms in total. The molecule has 0 aliphatic carbocycles. The van der Waals surface area contributed by atoms with Crippen molar-refractivity contribution in [2.45, 2.75) is 65.3 Å². The quantitative estimate of drug-likeness (QED) is 0.386.